The van der Waals surface area contributed by atoms with Crippen LogP contribution in [0.25, 0.3) is 0 Å². The molecule has 0 radical (unpaired) electrons. The van der Waals surface area contributed by atoms with Crippen LogP contribution < -0.4 is 5.73 Å². The number of amides is 1. The van der Waals surface area contributed by atoms with Crippen molar-refractivity contribution in [3.05, 3.63) is 18.0 Å². The molecule has 2 N–H and O–H groups in total. The van der Waals surface area contributed by atoms with E-state index >= 15 is 0 Å². The number of rotatable bonds is 4. The Morgan fingerprint density at radius 3 is 2.94 bits per heavy atom. The van der Waals surface area contributed by atoms with E-state index in [9.17, 15) is 4.79 Å². The predicted molar refractivity (Wildman–Crippen MR) is 67.7 cm³/mol. The van der Waals surface area contributed by atoms with Crippen LogP contribution in [-0.4, -0.2) is 32.7 Å². The molecule has 3 rings (SSSR count). The van der Waals surface area contributed by atoms with Gasteiger partial charge in [-0.05, 0) is 19.3 Å². The summed E-state index contributed by atoms with van der Waals surface area (Å²) in [5, 5.41) is 4.35. The van der Waals surface area contributed by atoms with Crippen molar-refractivity contribution < 1.29 is 4.79 Å². The minimum absolute atomic E-state index is 0.0376. The first-order valence-electron chi connectivity index (χ1n) is 6.79. The predicted octanol–water partition coefficient (Wildman–Crippen LogP) is 1.06. The highest BCUT2D eigenvalue weighted by Gasteiger charge is 2.46. The van der Waals surface area contributed by atoms with Crippen LogP contribution in [0.1, 0.15) is 44.2 Å². The molecule has 2 fully saturated rings. The van der Waals surface area contributed by atoms with Crippen LogP contribution in [-0.2, 0) is 11.3 Å². The Labute approximate surface area is 107 Å². The van der Waals surface area contributed by atoms with Gasteiger partial charge < -0.3 is 10.6 Å². The molecule has 18 heavy (non-hydrogen) atoms. The molecule has 0 bridgehead atoms. The fraction of sp³-hybridized carbons (Fsp3) is 0.692. The molecule has 0 spiro atoms. The van der Waals surface area contributed by atoms with Gasteiger partial charge in [0.2, 0.25) is 5.91 Å². The number of hydrogen-bond acceptors (Lipinski definition) is 3. The molecule has 1 aromatic heterocycles. The van der Waals surface area contributed by atoms with Gasteiger partial charge in [-0.1, -0.05) is 6.92 Å². The lowest BCUT2D eigenvalue weighted by molar-refractivity contribution is -0.129. The van der Waals surface area contributed by atoms with Gasteiger partial charge in [0, 0.05) is 36.8 Å². The van der Waals surface area contributed by atoms with Crippen LogP contribution in [0, 0.1) is 0 Å². The normalized spacial score (nSPS) is 28.1. The first kappa shape index (κ1) is 11.7. The van der Waals surface area contributed by atoms with Crippen molar-refractivity contribution in [2.75, 3.05) is 0 Å². The average Bonchev–Trinajstić information content (AvgIpc) is 2.98. The molecule has 2 unspecified atom stereocenters. The zero-order chi connectivity index (χ0) is 12.7. The summed E-state index contributed by atoms with van der Waals surface area (Å²) in [5.74, 6) is 0.207. The number of aromatic nitrogens is 2. The lowest BCUT2D eigenvalue weighted by Gasteiger charge is -2.25. The van der Waals surface area contributed by atoms with Gasteiger partial charge in [0.15, 0.2) is 0 Å². The van der Waals surface area contributed by atoms with E-state index < -0.39 is 0 Å². The number of carbonyl (C=O) groups excluding carboxylic acids is 1. The minimum Gasteiger partial charge on any atom is -0.331 e. The summed E-state index contributed by atoms with van der Waals surface area (Å²) in [6.07, 6.45) is 7.69. The van der Waals surface area contributed by atoms with Crippen LogP contribution in [0.5, 0.6) is 0 Å². The summed E-state index contributed by atoms with van der Waals surface area (Å²) in [6, 6.07) is 0.374. The van der Waals surface area contributed by atoms with Gasteiger partial charge in [-0.25, -0.2) is 0 Å². The molecule has 1 aromatic rings. The maximum Gasteiger partial charge on any atom is 0.225 e. The smallest absolute Gasteiger partial charge is 0.225 e. The van der Waals surface area contributed by atoms with E-state index in [0.29, 0.717) is 12.5 Å². The number of likely N-dealkylation sites (tertiary alicyclic amines) is 1. The lowest BCUT2D eigenvalue weighted by Crippen LogP contribution is -2.34. The molecule has 5 nitrogen and oxygen atoms in total. The van der Waals surface area contributed by atoms with Crippen molar-refractivity contribution in [3.8, 4) is 0 Å². The zero-order valence-electron chi connectivity index (χ0n) is 10.7. The van der Waals surface area contributed by atoms with E-state index in [-0.39, 0.29) is 18.0 Å². The molecule has 2 atom stereocenters. The quantitative estimate of drug-likeness (QED) is 0.866. The van der Waals surface area contributed by atoms with Crippen LogP contribution in [0.3, 0.4) is 0 Å². The topological polar surface area (TPSA) is 64.2 Å². The van der Waals surface area contributed by atoms with E-state index in [4.69, 9.17) is 5.73 Å². The van der Waals surface area contributed by atoms with Crippen molar-refractivity contribution in [2.45, 2.75) is 57.3 Å². The SMILES string of the molecule is CCCn1cc(C2C(N)CC(=O)N2C2CC2)cn1. The van der Waals surface area contributed by atoms with Crippen LogP contribution in [0.4, 0.5) is 0 Å². The van der Waals surface area contributed by atoms with E-state index in [1.165, 1.54) is 0 Å². The molecule has 5 heteroatoms. The molecule has 98 valence electrons. The molecule has 2 heterocycles. The summed E-state index contributed by atoms with van der Waals surface area (Å²) in [7, 11) is 0. The Morgan fingerprint density at radius 2 is 2.28 bits per heavy atom. The van der Waals surface area contributed by atoms with Crippen molar-refractivity contribution in [1.82, 2.24) is 14.7 Å². The Balaban J connectivity index is 1.85. The third-order valence-electron chi connectivity index (χ3n) is 3.79. The highest BCUT2D eigenvalue weighted by molar-refractivity contribution is 5.81. The van der Waals surface area contributed by atoms with Crippen LogP contribution in [0.2, 0.25) is 0 Å². The van der Waals surface area contributed by atoms with Gasteiger partial charge in [-0.15, -0.1) is 0 Å². The number of nitrogens with two attached hydrogens (primary N) is 1. The second kappa shape index (κ2) is 4.39. The summed E-state index contributed by atoms with van der Waals surface area (Å²) >= 11 is 0. The Morgan fingerprint density at radius 1 is 1.50 bits per heavy atom. The molecule has 1 saturated heterocycles. The van der Waals surface area contributed by atoms with E-state index in [2.05, 4.69) is 12.0 Å². The number of nitrogens with zero attached hydrogens (tertiary/aromatic N) is 3. The lowest BCUT2D eigenvalue weighted by atomic mass is 10.0. The van der Waals surface area contributed by atoms with E-state index in [1.807, 2.05) is 22.0 Å². The fourth-order valence-corrected chi connectivity index (χ4v) is 2.86. The highest BCUT2D eigenvalue weighted by Crippen LogP contribution is 2.40. The highest BCUT2D eigenvalue weighted by atomic mass is 16.2. The largest absolute Gasteiger partial charge is 0.331 e. The van der Waals surface area contributed by atoms with E-state index in [0.717, 1.165) is 31.4 Å². The van der Waals surface area contributed by atoms with Crippen molar-refractivity contribution in [1.29, 1.82) is 0 Å². The number of hydrogen-bond donors (Lipinski definition) is 1. The van der Waals surface area contributed by atoms with Crippen molar-refractivity contribution >= 4 is 5.91 Å². The summed E-state index contributed by atoms with van der Waals surface area (Å²) < 4.78 is 1.94. The first-order valence-corrected chi connectivity index (χ1v) is 6.79. The Kier molecular flexibility index (Phi) is 2.86. The van der Waals surface area contributed by atoms with Gasteiger partial charge >= 0.3 is 0 Å². The Bertz CT molecular complexity index is 452. The van der Waals surface area contributed by atoms with Gasteiger partial charge in [0.05, 0.1) is 12.2 Å². The minimum atomic E-state index is -0.0858. The second-order valence-corrected chi connectivity index (χ2v) is 5.38. The molecule has 1 aliphatic carbocycles. The van der Waals surface area contributed by atoms with Crippen molar-refractivity contribution in [2.24, 2.45) is 5.73 Å². The third kappa shape index (κ3) is 1.92. The van der Waals surface area contributed by atoms with E-state index in [1.54, 1.807) is 0 Å². The Hall–Kier alpha value is -1.36. The first-order chi connectivity index (χ1) is 8.70. The van der Waals surface area contributed by atoms with Gasteiger partial charge in [0.1, 0.15) is 0 Å². The van der Waals surface area contributed by atoms with Gasteiger partial charge in [0.25, 0.3) is 0 Å². The molecule has 2 aliphatic rings. The average molecular weight is 248 g/mol. The molecular weight excluding hydrogens is 228 g/mol. The van der Waals surface area contributed by atoms with Crippen molar-refractivity contribution in [3.63, 3.8) is 0 Å². The van der Waals surface area contributed by atoms with Crippen LogP contribution in [0.15, 0.2) is 12.4 Å². The molecular formula is C13H20N4O. The maximum absolute atomic E-state index is 12.0. The second-order valence-electron chi connectivity index (χ2n) is 5.38. The summed E-state index contributed by atoms with van der Waals surface area (Å²) in [6.45, 7) is 3.04. The fourth-order valence-electron chi connectivity index (χ4n) is 2.86. The summed E-state index contributed by atoms with van der Waals surface area (Å²) in [5.41, 5.74) is 7.23. The number of carbonyl (C=O) groups is 1. The molecule has 1 amide bonds. The molecule has 1 aliphatic heterocycles. The zero-order valence-corrected chi connectivity index (χ0v) is 10.7. The number of aryl methyl sites for hydroxylation is 1. The van der Waals surface area contributed by atoms with Crippen LogP contribution >= 0.6 is 0 Å². The molecule has 0 aromatic carbocycles. The molecule has 1 saturated carbocycles. The maximum atomic E-state index is 12.0. The third-order valence-corrected chi connectivity index (χ3v) is 3.79. The van der Waals surface area contributed by atoms with Gasteiger partial charge in [-0.3, -0.25) is 9.48 Å². The van der Waals surface area contributed by atoms with Gasteiger partial charge in [-0.2, -0.15) is 5.10 Å². The standard InChI is InChI=1S/C13H20N4O/c1-2-5-16-8-9(7-15-16)13-11(14)6-12(18)17(13)10-3-4-10/h7-8,10-11,13H,2-6,14H2,1H3. The summed E-state index contributed by atoms with van der Waals surface area (Å²) in [4.78, 5) is 14.0. The monoisotopic (exact) mass is 248 g/mol.